The largest absolute Gasteiger partial charge is 0.489 e. The van der Waals surface area contributed by atoms with Gasteiger partial charge in [-0.1, -0.05) is 6.92 Å². The van der Waals surface area contributed by atoms with Crippen molar-refractivity contribution >= 4 is 5.82 Å². The fourth-order valence-electron chi connectivity index (χ4n) is 1.96. The Kier molecular flexibility index (Phi) is 3.63. The van der Waals surface area contributed by atoms with Gasteiger partial charge in [-0.25, -0.2) is 4.98 Å². The first-order valence-electron chi connectivity index (χ1n) is 5.87. The van der Waals surface area contributed by atoms with Crippen LogP contribution in [0.15, 0.2) is 11.1 Å². The Morgan fingerprint density at radius 3 is 2.88 bits per heavy atom. The monoisotopic (exact) mass is 238 g/mol. The standard InChI is InChI=1S/C11H18N4O2/c1-3-4-15(8-5-12-6-8)10-9(17-2)11(16)14-7-13-10/h7-8,12H,3-6H2,1-2H3,(H,13,14,16). The highest BCUT2D eigenvalue weighted by Gasteiger charge is 2.28. The number of hydrogen-bond donors (Lipinski definition) is 2. The molecule has 6 heteroatoms. The highest BCUT2D eigenvalue weighted by molar-refractivity contribution is 5.52. The first-order chi connectivity index (χ1) is 8.27. The Bertz CT molecular complexity index is 428. The van der Waals surface area contributed by atoms with Crippen LogP contribution in [0.5, 0.6) is 5.75 Å². The molecule has 0 unspecified atom stereocenters. The third-order valence-electron chi connectivity index (χ3n) is 2.93. The van der Waals surface area contributed by atoms with Crippen molar-refractivity contribution in [2.75, 3.05) is 31.6 Å². The minimum absolute atomic E-state index is 0.231. The molecule has 0 atom stereocenters. The molecule has 94 valence electrons. The quantitative estimate of drug-likeness (QED) is 0.753. The highest BCUT2D eigenvalue weighted by atomic mass is 16.5. The van der Waals surface area contributed by atoms with E-state index >= 15 is 0 Å². The number of methoxy groups -OCH3 is 1. The summed E-state index contributed by atoms with van der Waals surface area (Å²) in [6, 6.07) is 0.401. The topological polar surface area (TPSA) is 70.2 Å². The number of nitrogens with zero attached hydrogens (tertiary/aromatic N) is 2. The molecule has 1 aliphatic rings. The van der Waals surface area contributed by atoms with Crippen LogP contribution in [0.2, 0.25) is 0 Å². The number of nitrogens with one attached hydrogen (secondary N) is 2. The number of aromatic amines is 1. The van der Waals surface area contributed by atoms with E-state index in [1.807, 2.05) is 0 Å². The second-order valence-corrected chi connectivity index (χ2v) is 4.09. The summed E-state index contributed by atoms with van der Waals surface area (Å²) >= 11 is 0. The predicted molar refractivity (Wildman–Crippen MR) is 65.7 cm³/mol. The average Bonchev–Trinajstić information content (AvgIpc) is 2.26. The molecule has 1 aromatic heterocycles. The molecule has 6 nitrogen and oxygen atoms in total. The van der Waals surface area contributed by atoms with Crippen molar-refractivity contribution in [3.63, 3.8) is 0 Å². The lowest BCUT2D eigenvalue weighted by molar-refractivity contribution is 0.384. The minimum atomic E-state index is -0.231. The smallest absolute Gasteiger partial charge is 0.295 e. The van der Waals surface area contributed by atoms with Gasteiger partial charge in [-0.15, -0.1) is 0 Å². The minimum Gasteiger partial charge on any atom is -0.489 e. The molecule has 1 saturated heterocycles. The molecule has 1 aromatic rings. The van der Waals surface area contributed by atoms with Gasteiger partial charge in [0.25, 0.3) is 5.56 Å². The third kappa shape index (κ3) is 2.26. The van der Waals surface area contributed by atoms with Crippen LogP contribution in [-0.2, 0) is 0 Å². The van der Waals surface area contributed by atoms with E-state index in [0.717, 1.165) is 26.1 Å². The molecule has 0 amide bonds. The van der Waals surface area contributed by atoms with Gasteiger partial charge in [0.2, 0.25) is 5.75 Å². The Morgan fingerprint density at radius 2 is 2.35 bits per heavy atom. The maximum Gasteiger partial charge on any atom is 0.295 e. The first kappa shape index (κ1) is 11.9. The van der Waals surface area contributed by atoms with Crippen molar-refractivity contribution in [1.82, 2.24) is 15.3 Å². The van der Waals surface area contributed by atoms with Gasteiger partial charge in [0.15, 0.2) is 5.82 Å². The van der Waals surface area contributed by atoms with E-state index in [0.29, 0.717) is 17.6 Å². The lowest BCUT2D eigenvalue weighted by atomic mass is 10.1. The SMILES string of the molecule is CCCN(c1nc[nH]c(=O)c1OC)C1CNC1. The fraction of sp³-hybridized carbons (Fsp3) is 0.636. The maximum absolute atomic E-state index is 11.6. The number of ether oxygens (including phenoxy) is 1. The van der Waals surface area contributed by atoms with Crippen LogP contribution in [-0.4, -0.2) is 42.8 Å². The highest BCUT2D eigenvalue weighted by Crippen LogP contribution is 2.24. The van der Waals surface area contributed by atoms with E-state index in [1.165, 1.54) is 13.4 Å². The van der Waals surface area contributed by atoms with Crippen LogP contribution in [0.25, 0.3) is 0 Å². The number of rotatable bonds is 5. The molecule has 2 rings (SSSR count). The van der Waals surface area contributed by atoms with E-state index in [2.05, 4.69) is 27.1 Å². The van der Waals surface area contributed by atoms with Gasteiger partial charge in [-0.05, 0) is 6.42 Å². The van der Waals surface area contributed by atoms with Gasteiger partial charge in [-0.2, -0.15) is 0 Å². The van der Waals surface area contributed by atoms with E-state index in [-0.39, 0.29) is 5.56 Å². The maximum atomic E-state index is 11.6. The van der Waals surface area contributed by atoms with Crippen LogP contribution >= 0.6 is 0 Å². The predicted octanol–water partition coefficient (Wildman–Crippen LogP) is -0.0333. The van der Waals surface area contributed by atoms with Gasteiger partial charge >= 0.3 is 0 Å². The molecule has 0 aromatic carbocycles. The molecule has 2 heterocycles. The first-order valence-corrected chi connectivity index (χ1v) is 5.87. The van der Waals surface area contributed by atoms with Crippen molar-refractivity contribution < 1.29 is 4.74 Å². The van der Waals surface area contributed by atoms with Crippen molar-refractivity contribution in [2.24, 2.45) is 0 Å². The summed E-state index contributed by atoms with van der Waals surface area (Å²) in [7, 11) is 1.50. The molecule has 0 saturated carbocycles. The zero-order valence-electron chi connectivity index (χ0n) is 10.2. The summed E-state index contributed by atoms with van der Waals surface area (Å²) < 4.78 is 5.15. The van der Waals surface area contributed by atoms with Crippen molar-refractivity contribution in [3.8, 4) is 5.75 Å². The second-order valence-electron chi connectivity index (χ2n) is 4.09. The lowest BCUT2D eigenvalue weighted by Gasteiger charge is -2.39. The number of anilines is 1. The molecule has 17 heavy (non-hydrogen) atoms. The number of H-pyrrole nitrogens is 1. The normalized spacial score (nSPS) is 15.4. The van der Waals surface area contributed by atoms with Crippen LogP contribution < -0.4 is 20.5 Å². The molecule has 2 N–H and O–H groups in total. The molecular weight excluding hydrogens is 220 g/mol. The summed E-state index contributed by atoms with van der Waals surface area (Å²) in [5, 5.41) is 3.23. The third-order valence-corrected chi connectivity index (χ3v) is 2.93. The van der Waals surface area contributed by atoms with Gasteiger partial charge in [0.05, 0.1) is 19.5 Å². The lowest BCUT2D eigenvalue weighted by Crippen LogP contribution is -2.58. The zero-order valence-corrected chi connectivity index (χ0v) is 10.2. The zero-order chi connectivity index (χ0) is 12.3. The summed E-state index contributed by atoms with van der Waals surface area (Å²) in [6.45, 7) is 4.84. The Balaban J connectivity index is 2.34. The summed E-state index contributed by atoms with van der Waals surface area (Å²) in [4.78, 5) is 20.6. The number of aromatic nitrogens is 2. The van der Waals surface area contributed by atoms with Gasteiger partial charge in [-0.3, -0.25) is 4.79 Å². The van der Waals surface area contributed by atoms with Gasteiger partial charge in [0.1, 0.15) is 0 Å². The Hall–Kier alpha value is -1.56. The van der Waals surface area contributed by atoms with Crippen LogP contribution in [0.4, 0.5) is 5.82 Å². The van der Waals surface area contributed by atoms with E-state index in [1.54, 1.807) is 0 Å². The van der Waals surface area contributed by atoms with E-state index in [9.17, 15) is 4.79 Å². The second kappa shape index (κ2) is 5.18. The van der Waals surface area contributed by atoms with Crippen LogP contribution in [0.3, 0.4) is 0 Å². The van der Waals surface area contributed by atoms with E-state index < -0.39 is 0 Å². The molecule has 0 bridgehead atoms. The molecule has 0 spiro atoms. The Morgan fingerprint density at radius 1 is 1.59 bits per heavy atom. The van der Waals surface area contributed by atoms with Crippen LogP contribution in [0, 0.1) is 0 Å². The Labute approximate surface area is 100 Å². The van der Waals surface area contributed by atoms with Crippen molar-refractivity contribution in [1.29, 1.82) is 0 Å². The molecule has 1 aliphatic heterocycles. The van der Waals surface area contributed by atoms with Crippen molar-refractivity contribution in [2.45, 2.75) is 19.4 Å². The molecular formula is C11H18N4O2. The van der Waals surface area contributed by atoms with E-state index in [4.69, 9.17) is 4.74 Å². The average molecular weight is 238 g/mol. The molecule has 0 aliphatic carbocycles. The van der Waals surface area contributed by atoms with Crippen molar-refractivity contribution in [3.05, 3.63) is 16.7 Å². The molecule has 0 radical (unpaired) electrons. The number of hydrogen-bond acceptors (Lipinski definition) is 5. The fourth-order valence-corrected chi connectivity index (χ4v) is 1.96. The van der Waals surface area contributed by atoms with Crippen LogP contribution in [0.1, 0.15) is 13.3 Å². The summed E-state index contributed by atoms with van der Waals surface area (Å²) in [6.07, 6.45) is 2.43. The van der Waals surface area contributed by atoms with Gasteiger partial charge in [0, 0.05) is 19.6 Å². The van der Waals surface area contributed by atoms with Gasteiger partial charge < -0.3 is 19.9 Å². The molecule has 1 fully saturated rings. The summed E-state index contributed by atoms with van der Waals surface area (Å²) in [5.74, 6) is 0.942. The summed E-state index contributed by atoms with van der Waals surface area (Å²) in [5.41, 5.74) is -0.231.